The van der Waals surface area contributed by atoms with E-state index >= 15 is 0 Å². The van der Waals surface area contributed by atoms with Crippen molar-refractivity contribution in [2.45, 2.75) is 11.7 Å². The van der Waals surface area contributed by atoms with Crippen molar-refractivity contribution in [3.05, 3.63) is 12.3 Å². The second-order valence-corrected chi connectivity index (χ2v) is 5.92. The van der Waals surface area contributed by atoms with Crippen molar-refractivity contribution in [3.8, 4) is 0 Å². The zero-order chi connectivity index (χ0) is 11.8. The normalized spacial score (nSPS) is 32.8. The van der Waals surface area contributed by atoms with Gasteiger partial charge in [-0.1, -0.05) is 0 Å². The predicted octanol–water partition coefficient (Wildman–Crippen LogP) is -1.42. The fourth-order valence-corrected chi connectivity index (χ4v) is 3.47. The summed E-state index contributed by atoms with van der Waals surface area (Å²) in [6.07, 6.45) is 1.59. The van der Waals surface area contributed by atoms with Crippen molar-refractivity contribution in [3.63, 3.8) is 0 Å². The number of carbonyl (C=O) groups excluding carboxylic acids is 1. The van der Waals surface area contributed by atoms with Crippen LogP contribution < -0.4 is 4.72 Å². The third-order valence-electron chi connectivity index (χ3n) is 2.05. The lowest BCUT2D eigenvalue weighted by atomic mass is 10.5. The SMILES string of the molecule is O=C1C=CN([C@@H]2CS[C@@H](CO)O2)S(=O)(=O)N1. The van der Waals surface area contributed by atoms with E-state index in [1.165, 1.54) is 18.0 Å². The van der Waals surface area contributed by atoms with Crippen LogP contribution >= 0.6 is 11.8 Å². The maximum Gasteiger partial charge on any atom is 0.328 e. The number of ether oxygens (including phenoxy) is 1. The molecule has 1 amide bonds. The molecule has 0 spiro atoms. The Labute approximate surface area is 96.6 Å². The smallest absolute Gasteiger partial charge is 0.328 e. The summed E-state index contributed by atoms with van der Waals surface area (Å²) in [7, 11) is -3.86. The average molecular weight is 266 g/mol. The van der Waals surface area contributed by atoms with Crippen molar-refractivity contribution in [1.82, 2.24) is 9.03 Å². The van der Waals surface area contributed by atoms with E-state index in [1.807, 2.05) is 4.72 Å². The summed E-state index contributed by atoms with van der Waals surface area (Å²) < 4.78 is 31.2. The van der Waals surface area contributed by atoms with Crippen LogP contribution in [0.4, 0.5) is 0 Å². The maximum atomic E-state index is 11.6. The molecule has 2 rings (SSSR count). The second-order valence-electron chi connectivity index (χ2n) is 3.15. The molecule has 0 aliphatic carbocycles. The first-order valence-corrected chi connectivity index (χ1v) is 6.93. The number of rotatable bonds is 2. The highest BCUT2D eigenvalue weighted by molar-refractivity contribution is 8.00. The van der Waals surface area contributed by atoms with Gasteiger partial charge in [0.05, 0.1) is 6.61 Å². The molecular formula is C7H10N2O5S2. The van der Waals surface area contributed by atoms with Crippen LogP contribution in [0.1, 0.15) is 0 Å². The van der Waals surface area contributed by atoms with Gasteiger partial charge in [-0.15, -0.1) is 11.8 Å². The molecule has 9 heteroatoms. The largest absolute Gasteiger partial charge is 0.393 e. The summed E-state index contributed by atoms with van der Waals surface area (Å²) in [5, 5.41) is 8.85. The number of amides is 1. The number of aliphatic hydroxyl groups excluding tert-OH is 1. The highest BCUT2D eigenvalue weighted by Gasteiger charge is 2.37. The summed E-state index contributed by atoms with van der Waals surface area (Å²) in [6, 6.07) is 0. The van der Waals surface area contributed by atoms with E-state index in [1.54, 1.807) is 0 Å². The first kappa shape index (κ1) is 11.7. The van der Waals surface area contributed by atoms with Crippen molar-refractivity contribution in [2.75, 3.05) is 12.4 Å². The highest BCUT2D eigenvalue weighted by atomic mass is 32.2. The summed E-state index contributed by atoms with van der Waals surface area (Å²) in [5.41, 5.74) is -0.425. The van der Waals surface area contributed by atoms with Crippen LogP contribution in [0.2, 0.25) is 0 Å². The standard InChI is InChI=1S/C7H10N2O5S2/c10-3-7-14-6(4-15-7)9-2-1-5(11)8-16(9,12)13/h1-2,6-7,10H,3-4H2,(H,8,11)/t6-,7-/m0/s1. The fourth-order valence-electron chi connectivity index (χ4n) is 1.36. The van der Waals surface area contributed by atoms with Gasteiger partial charge in [0.2, 0.25) is 0 Å². The molecule has 0 bridgehead atoms. The number of nitrogens with zero attached hydrogens (tertiary/aromatic N) is 1. The molecule has 0 aromatic carbocycles. The number of hydrogen-bond donors (Lipinski definition) is 2. The van der Waals surface area contributed by atoms with Crippen molar-refractivity contribution in [1.29, 1.82) is 0 Å². The van der Waals surface area contributed by atoms with Crippen molar-refractivity contribution in [2.24, 2.45) is 0 Å². The van der Waals surface area contributed by atoms with Gasteiger partial charge in [-0.2, -0.15) is 8.42 Å². The molecular weight excluding hydrogens is 256 g/mol. The fraction of sp³-hybridized carbons (Fsp3) is 0.571. The van der Waals surface area contributed by atoms with Crippen LogP contribution in [0.5, 0.6) is 0 Å². The van der Waals surface area contributed by atoms with Crippen molar-refractivity contribution >= 4 is 27.9 Å². The number of thioether (sulfide) groups is 1. The van der Waals surface area contributed by atoms with E-state index in [0.29, 0.717) is 5.75 Å². The molecule has 0 saturated carbocycles. The summed E-state index contributed by atoms with van der Waals surface area (Å²) in [5.74, 6) is -0.273. The van der Waals surface area contributed by atoms with Crippen LogP contribution in [0, 0.1) is 0 Å². The van der Waals surface area contributed by atoms with Crippen molar-refractivity contribution < 1.29 is 23.1 Å². The van der Waals surface area contributed by atoms with E-state index < -0.39 is 27.8 Å². The number of nitrogens with one attached hydrogen (secondary N) is 1. The molecule has 2 aliphatic rings. The third kappa shape index (κ3) is 2.17. The number of hydrogen-bond acceptors (Lipinski definition) is 6. The number of carbonyl (C=O) groups is 1. The molecule has 2 heterocycles. The second kappa shape index (κ2) is 4.24. The van der Waals surface area contributed by atoms with Gasteiger partial charge in [-0.05, 0) is 0 Å². The van der Waals surface area contributed by atoms with Gasteiger partial charge >= 0.3 is 10.2 Å². The van der Waals surface area contributed by atoms with Gasteiger partial charge in [0.25, 0.3) is 5.91 Å². The van der Waals surface area contributed by atoms with Crippen LogP contribution in [0.25, 0.3) is 0 Å². The lowest BCUT2D eigenvalue weighted by molar-refractivity contribution is -0.115. The average Bonchev–Trinajstić information content (AvgIpc) is 2.64. The Morgan fingerprint density at radius 3 is 3.00 bits per heavy atom. The molecule has 0 aromatic heterocycles. The third-order valence-corrected chi connectivity index (χ3v) is 4.53. The first-order valence-electron chi connectivity index (χ1n) is 4.44. The van der Waals surface area contributed by atoms with Gasteiger partial charge < -0.3 is 9.84 Å². The monoisotopic (exact) mass is 266 g/mol. The summed E-state index contributed by atoms with van der Waals surface area (Å²) in [6.45, 7) is -0.175. The highest BCUT2D eigenvalue weighted by Crippen LogP contribution is 2.28. The first-order chi connectivity index (χ1) is 7.53. The van der Waals surface area contributed by atoms with Crippen LogP contribution in [-0.4, -0.2) is 47.8 Å². The zero-order valence-electron chi connectivity index (χ0n) is 8.07. The van der Waals surface area contributed by atoms with Crippen LogP contribution in [-0.2, 0) is 19.7 Å². The van der Waals surface area contributed by atoms with Crippen LogP contribution in [0.3, 0.4) is 0 Å². The van der Waals surface area contributed by atoms with Gasteiger partial charge in [0, 0.05) is 18.0 Å². The van der Waals surface area contributed by atoms with Gasteiger partial charge in [0.1, 0.15) is 5.44 Å². The molecule has 2 atom stereocenters. The van der Waals surface area contributed by atoms with E-state index in [4.69, 9.17) is 9.84 Å². The quantitative estimate of drug-likeness (QED) is 0.637. The molecule has 0 aromatic rings. The van der Waals surface area contributed by atoms with Gasteiger partial charge in [-0.25, -0.2) is 9.03 Å². The summed E-state index contributed by atoms with van der Waals surface area (Å²) in [4.78, 5) is 10.9. The van der Waals surface area contributed by atoms with Gasteiger partial charge in [0.15, 0.2) is 6.23 Å². The summed E-state index contributed by atoms with van der Waals surface area (Å²) >= 11 is 1.32. The molecule has 16 heavy (non-hydrogen) atoms. The zero-order valence-corrected chi connectivity index (χ0v) is 9.70. The molecule has 7 nitrogen and oxygen atoms in total. The Morgan fingerprint density at radius 2 is 2.44 bits per heavy atom. The predicted molar refractivity (Wildman–Crippen MR) is 56.2 cm³/mol. The lowest BCUT2D eigenvalue weighted by Crippen LogP contribution is -2.49. The van der Waals surface area contributed by atoms with E-state index in [-0.39, 0.29) is 6.61 Å². The Kier molecular flexibility index (Phi) is 3.10. The minimum Gasteiger partial charge on any atom is -0.393 e. The maximum absolute atomic E-state index is 11.6. The molecule has 0 unspecified atom stereocenters. The minimum atomic E-state index is -3.86. The van der Waals surface area contributed by atoms with Gasteiger partial charge in [-0.3, -0.25) is 4.79 Å². The molecule has 0 radical (unpaired) electrons. The Hall–Kier alpha value is -0.770. The van der Waals surface area contributed by atoms with E-state index in [0.717, 1.165) is 10.4 Å². The Balaban J connectivity index is 2.16. The molecule has 2 aliphatic heterocycles. The molecule has 1 fully saturated rings. The van der Waals surface area contributed by atoms with E-state index in [9.17, 15) is 13.2 Å². The molecule has 90 valence electrons. The lowest BCUT2D eigenvalue weighted by Gasteiger charge is -2.27. The molecule has 2 N–H and O–H groups in total. The Bertz CT molecular complexity index is 420. The molecule has 1 saturated heterocycles. The minimum absolute atomic E-state index is 0.175. The van der Waals surface area contributed by atoms with Crippen LogP contribution in [0.15, 0.2) is 12.3 Å². The Morgan fingerprint density at radius 1 is 1.69 bits per heavy atom. The van der Waals surface area contributed by atoms with E-state index in [2.05, 4.69) is 0 Å². The number of aliphatic hydroxyl groups is 1. The topological polar surface area (TPSA) is 95.9 Å².